The average Bonchev–Trinajstić information content (AvgIpc) is 2.58. The quantitative estimate of drug-likeness (QED) is 0.760. The molecular formula is C19H24ClNO2. The molecule has 0 saturated carbocycles. The second-order valence-corrected chi connectivity index (χ2v) is 5.61. The summed E-state index contributed by atoms with van der Waals surface area (Å²) in [4.78, 5) is 2.48. The zero-order valence-corrected chi connectivity index (χ0v) is 14.1. The molecule has 0 aliphatic carbocycles. The van der Waals surface area contributed by atoms with Crippen molar-refractivity contribution in [1.82, 2.24) is 4.90 Å². The monoisotopic (exact) mass is 333 g/mol. The molecule has 0 N–H and O–H groups in total. The molecule has 3 nitrogen and oxygen atoms in total. The number of hydrogen-bond acceptors (Lipinski definition) is 3. The molecule has 4 heteroatoms. The Kier molecular flexibility index (Phi) is 7.24. The third kappa shape index (κ3) is 5.45. The molecule has 1 fully saturated rings. The van der Waals surface area contributed by atoms with E-state index in [0.29, 0.717) is 6.61 Å². The summed E-state index contributed by atoms with van der Waals surface area (Å²) in [6.45, 7) is 4.09. The van der Waals surface area contributed by atoms with Gasteiger partial charge in [0.15, 0.2) is 11.5 Å². The van der Waals surface area contributed by atoms with Crippen molar-refractivity contribution in [3.63, 3.8) is 0 Å². The summed E-state index contributed by atoms with van der Waals surface area (Å²) in [5.74, 6) is 2.41. The van der Waals surface area contributed by atoms with Crippen LogP contribution in [0.1, 0.15) is 19.3 Å². The van der Waals surface area contributed by atoms with E-state index >= 15 is 0 Å². The van der Waals surface area contributed by atoms with Crippen LogP contribution in [-0.4, -0.2) is 31.1 Å². The Labute approximate surface area is 144 Å². The molecule has 23 heavy (non-hydrogen) atoms. The van der Waals surface area contributed by atoms with Crippen molar-refractivity contribution in [2.24, 2.45) is 0 Å². The number of benzene rings is 2. The van der Waals surface area contributed by atoms with Crippen LogP contribution in [0.3, 0.4) is 0 Å². The zero-order chi connectivity index (χ0) is 15.0. The van der Waals surface area contributed by atoms with E-state index in [0.717, 1.165) is 23.8 Å². The number of halogens is 1. The number of ether oxygens (including phenoxy) is 2. The minimum atomic E-state index is 0. The number of nitrogens with zero attached hydrogens (tertiary/aromatic N) is 1. The first-order chi connectivity index (χ1) is 10.9. The molecule has 0 spiro atoms. The molecule has 124 valence electrons. The van der Waals surface area contributed by atoms with Gasteiger partial charge in [-0.2, -0.15) is 0 Å². The van der Waals surface area contributed by atoms with Gasteiger partial charge in [0, 0.05) is 6.54 Å². The Morgan fingerprint density at radius 2 is 1.43 bits per heavy atom. The van der Waals surface area contributed by atoms with Crippen LogP contribution in [0.25, 0.3) is 0 Å². The minimum absolute atomic E-state index is 0. The van der Waals surface area contributed by atoms with E-state index in [1.165, 1.54) is 32.4 Å². The van der Waals surface area contributed by atoms with Crippen molar-refractivity contribution in [1.29, 1.82) is 0 Å². The summed E-state index contributed by atoms with van der Waals surface area (Å²) < 4.78 is 11.9. The smallest absolute Gasteiger partial charge is 0.169 e. The standard InChI is InChI=1S/C19H23NO2.ClH/c1-3-9-17(10-4-1)22-19-12-6-5-11-18(19)21-16-15-20-13-7-2-8-14-20;/h1,3-6,9-12H,2,7-8,13-16H2;1H. The SMILES string of the molecule is Cl.c1ccc(Oc2ccccc2OCCN2CCCCC2)cc1. The highest BCUT2D eigenvalue weighted by atomic mass is 35.5. The summed E-state index contributed by atoms with van der Waals surface area (Å²) in [5.41, 5.74) is 0. The van der Waals surface area contributed by atoms with Crippen molar-refractivity contribution >= 4 is 12.4 Å². The first-order valence-corrected chi connectivity index (χ1v) is 8.09. The molecule has 0 aromatic heterocycles. The fourth-order valence-electron chi connectivity index (χ4n) is 2.74. The van der Waals surface area contributed by atoms with E-state index in [4.69, 9.17) is 9.47 Å². The van der Waals surface area contributed by atoms with Crippen molar-refractivity contribution in [2.45, 2.75) is 19.3 Å². The van der Waals surface area contributed by atoms with Crippen molar-refractivity contribution in [2.75, 3.05) is 26.2 Å². The predicted octanol–water partition coefficient (Wildman–Crippen LogP) is 4.77. The second kappa shape index (κ2) is 9.43. The van der Waals surface area contributed by atoms with Crippen LogP contribution in [0.15, 0.2) is 54.6 Å². The molecule has 1 aliphatic rings. The molecular weight excluding hydrogens is 310 g/mol. The summed E-state index contributed by atoms with van der Waals surface area (Å²) in [6.07, 6.45) is 3.99. The van der Waals surface area contributed by atoms with Gasteiger partial charge in [0.25, 0.3) is 0 Å². The molecule has 3 rings (SSSR count). The maximum Gasteiger partial charge on any atom is 0.169 e. The lowest BCUT2D eigenvalue weighted by molar-refractivity contribution is 0.181. The van der Waals surface area contributed by atoms with Gasteiger partial charge in [-0.3, -0.25) is 4.90 Å². The second-order valence-electron chi connectivity index (χ2n) is 5.61. The van der Waals surface area contributed by atoms with E-state index in [2.05, 4.69) is 4.90 Å². The Bertz CT molecular complexity index is 571. The van der Waals surface area contributed by atoms with Crippen molar-refractivity contribution in [3.8, 4) is 17.2 Å². The minimum Gasteiger partial charge on any atom is -0.488 e. The molecule has 1 aliphatic heterocycles. The van der Waals surface area contributed by atoms with E-state index in [1.54, 1.807) is 0 Å². The average molecular weight is 334 g/mol. The van der Waals surface area contributed by atoms with Gasteiger partial charge in [0.1, 0.15) is 12.4 Å². The molecule has 1 saturated heterocycles. The molecule has 0 atom stereocenters. The molecule has 0 bridgehead atoms. The molecule has 2 aromatic rings. The Hall–Kier alpha value is -1.71. The third-order valence-electron chi connectivity index (χ3n) is 3.93. The first kappa shape index (κ1) is 17.6. The van der Waals surface area contributed by atoms with E-state index < -0.39 is 0 Å². The highest BCUT2D eigenvalue weighted by molar-refractivity contribution is 5.85. The van der Waals surface area contributed by atoms with Crippen LogP contribution in [-0.2, 0) is 0 Å². The van der Waals surface area contributed by atoms with E-state index in [9.17, 15) is 0 Å². The van der Waals surface area contributed by atoms with Gasteiger partial charge in [0.2, 0.25) is 0 Å². The van der Waals surface area contributed by atoms with Gasteiger partial charge in [-0.05, 0) is 50.2 Å². The topological polar surface area (TPSA) is 21.7 Å². The fourth-order valence-corrected chi connectivity index (χ4v) is 2.74. The lowest BCUT2D eigenvalue weighted by atomic mass is 10.1. The number of piperidine rings is 1. The first-order valence-electron chi connectivity index (χ1n) is 8.09. The highest BCUT2D eigenvalue weighted by Crippen LogP contribution is 2.31. The van der Waals surface area contributed by atoms with E-state index in [-0.39, 0.29) is 12.4 Å². The van der Waals surface area contributed by atoms with Gasteiger partial charge in [0.05, 0.1) is 0 Å². The largest absolute Gasteiger partial charge is 0.488 e. The number of rotatable bonds is 6. The molecule has 0 radical (unpaired) electrons. The number of para-hydroxylation sites is 3. The molecule has 0 unspecified atom stereocenters. The lowest BCUT2D eigenvalue weighted by Crippen LogP contribution is -2.33. The number of hydrogen-bond donors (Lipinski definition) is 0. The summed E-state index contributed by atoms with van der Waals surface area (Å²) >= 11 is 0. The molecule has 1 heterocycles. The van der Waals surface area contributed by atoms with Crippen LogP contribution >= 0.6 is 12.4 Å². The summed E-state index contributed by atoms with van der Waals surface area (Å²) in [5, 5.41) is 0. The van der Waals surface area contributed by atoms with Gasteiger partial charge >= 0.3 is 0 Å². The van der Waals surface area contributed by atoms with Crippen LogP contribution in [0.5, 0.6) is 17.2 Å². The Balaban J connectivity index is 0.00000192. The van der Waals surface area contributed by atoms with Crippen LogP contribution in [0.2, 0.25) is 0 Å². The Morgan fingerprint density at radius 1 is 0.783 bits per heavy atom. The highest BCUT2D eigenvalue weighted by Gasteiger charge is 2.10. The van der Waals surface area contributed by atoms with Crippen LogP contribution in [0.4, 0.5) is 0 Å². The predicted molar refractivity (Wildman–Crippen MR) is 96.0 cm³/mol. The molecule has 0 amide bonds. The maximum absolute atomic E-state index is 5.95. The fraction of sp³-hybridized carbons (Fsp3) is 0.368. The zero-order valence-electron chi connectivity index (χ0n) is 13.3. The van der Waals surface area contributed by atoms with Crippen LogP contribution < -0.4 is 9.47 Å². The summed E-state index contributed by atoms with van der Waals surface area (Å²) in [7, 11) is 0. The van der Waals surface area contributed by atoms with Gasteiger partial charge in [-0.15, -0.1) is 12.4 Å². The maximum atomic E-state index is 5.95. The van der Waals surface area contributed by atoms with Crippen LogP contribution in [0, 0.1) is 0 Å². The third-order valence-corrected chi connectivity index (χ3v) is 3.93. The summed E-state index contributed by atoms with van der Waals surface area (Å²) in [6, 6.07) is 17.7. The Morgan fingerprint density at radius 3 is 2.17 bits per heavy atom. The van der Waals surface area contributed by atoms with Gasteiger partial charge in [-0.25, -0.2) is 0 Å². The van der Waals surface area contributed by atoms with E-state index in [1.807, 2.05) is 54.6 Å². The lowest BCUT2D eigenvalue weighted by Gasteiger charge is -2.26. The number of likely N-dealkylation sites (tertiary alicyclic amines) is 1. The van der Waals surface area contributed by atoms with Crippen molar-refractivity contribution < 1.29 is 9.47 Å². The van der Waals surface area contributed by atoms with Gasteiger partial charge in [-0.1, -0.05) is 36.8 Å². The van der Waals surface area contributed by atoms with Gasteiger partial charge < -0.3 is 9.47 Å². The van der Waals surface area contributed by atoms with Crippen molar-refractivity contribution in [3.05, 3.63) is 54.6 Å². The normalized spacial score (nSPS) is 14.8. The molecule has 2 aromatic carbocycles.